The Morgan fingerprint density at radius 2 is 1.56 bits per heavy atom. The number of benzene rings is 2. The fourth-order valence-electron chi connectivity index (χ4n) is 3.08. The van der Waals surface area contributed by atoms with Crippen LogP contribution in [0, 0.1) is 0 Å². The topological polar surface area (TPSA) is 63.2 Å². The van der Waals surface area contributed by atoms with Gasteiger partial charge in [0.2, 0.25) is 5.75 Å². The van der Waals surface area contributed by atoms with Crippen LogP contribution in [0.25, 0.3) is 0 Å². The third-order valence-corrected chi connectivity index (χ3v) is 4.22. The molecule has 0 bridgehead atoms. The number of ether oxygens (including phenoxy) is 5. The molecule has 0 saturated carbocycles. The molecule has 6 heteroatoms. The number of fused-ring (bicyclic) bond motifs is 1. The van der Waals surface area contributed by atoms with Gasteiger partial charge in [-0.05, 0) is 23.8 Å². The van der Waals surface area contributed by atoms with Gasteiger partial charge in [0, 0.05) is 12.0 Å². The van der Waals surface area contributed by atoms with Crippen LogP contribution >= 0.6 is 0 Å². The van der Waals surface area contributed by atoms with E-state index < -0.39 is 0 Å². The van der Waals surface area contributed by atoms with Gasteiger partial charge in [-0.25, -0.2) is 4.79 Å². The van der Waals surface area contributed by atoms with Crippen LogP contribution in [0.4, 0.5) is 0 Å². The summed E-state index contributed by atoms with van der Waals surface area (Å²) in [7, 11) is 6.23. The Hall–Kier alpha value is -2.89. The molecule has 25 heavy (non-hydrogen) atoms. The number of hydrogen-bond acceptors (Lipinski definition) is 6. The molecule has 1 atom stereocenters. The monoisotopic (exact) mass is 344 g/mol. The maximum atomic E-state index is 12.2. The highest BCUT2D eigenvalue weighted by Gasteiger charge is 2.34. The van der Waals surface area contributed by atoms with E-state index in [1.165, 1.54) is 7.11 Å². The minimum absolute atomic E-state index is 0.370. The maximum absolute atomic E-state index is 12.2. The van der Waals surface area contributed by atoms with Crippen LogP contribution in [0.5, 0.6) is 23.0 Å². The Labute approximate surface area is 146 Å². The molecule has 0 radical (unpaired) electrons. The molecule has 132 valence electrons. The predicted octanol–water partition coefficient (Wildman–Crippen LogP) is 3.18. The first-order chi connectivity index (χ1) is 12.1. The maximum Gasteiger partial charge on any atom is 0.342 e. The SMILES string of the molecule is COc1cc(CC2OC(=O)c3c(OC)cccc32)cc(OC)c1OC. The normalized spacial score (nSPS) is 15.4. The van der Waals surface area contributed by atoms with Crippen LogP contribution in [-0.4, -0.2) is 34.4 Å². The molecular formula is C19H20O6. The zero-order valence-corrected chi connectivity index (χ0v) is 14.6. The number of esters is 1. The first-order valence-corrected chi connectivity index (χ1v) is 7.79. The van der Waals surface area contributed by atoms with Crippen LogP contribution in [0.15, 0.2) is 30.3 Å². The van der Waals surface area contributed by atoms with E-state index in [2.05, 4.69) is 0 Å². The highest BCUT2D eigenvalue weighted by molar-refractivity contribution is 5.97. The van der Waals surface area contributed by atoms with E-state index in [0.717, 1.165) is 11.1 Å². The summed E-state index contributed by atoms with van der Waals surface area (Å²) in [6.07, 6.45) is 0.100. The molecule has 6 nitrogen and oxygen atoms in total. The van der Waals surface area contributed by atoms with Gasteiger partial charge in [-0.15, -0.1) is 0 Å². The number of rotatable bonds is 6. The van der Waals surface area contributed by atoms with Crippen LogP contribution < -0.4 is 18.9 Å². The second-order valence-corrected chi connectivity index (χ2v) is 5.56. The quantitative estimate of drug-likeness (QED) is 0.750. The Bertz CT molecular complexity index is 773. The minimum atomic E-state index is -0.389. The number of hydrogen-bond donors (Lipinski definition) is 0. The van der Waals surface area contributed by atoms with Gasteiger partial charge in [-0.2, -0.15) is 0 Å². The molecule has 2 aromatic carbocycles. The summed E-state index contributed by atoms with van der Waals surface area (Å²) in [5.41, 5.74) is 2.21. The largest absolute Gasteiger partial charge is 0.496 e. The third-order valence-electron chi connectivity index (χ3n) is 4.22. The molecule has 0 aromatic heterocycles. The summed E-state index contributed by atoms with van der Waals surface area (Å²) in [6, 6.07) is 9.19. The summed E-state index contributed by atoms with van der Waals surface area (Å²) < 4.78 is 26.9. The highest BCUT2D eigenvalue weighted by atomic mass is 16.6. The van der Waals surface area contributed by atoms with Crippen molar-refractivity contribution in [2.75, 3.05) is 28.4 Å². The lowest BCUT2D eigenvalue weighted by Gasteiger charge is -2.16. The second-order valence-electron chi connectivity index (χ2n) is 5.56. The zero-order valence-electron chi connectivity index (χ0n) is 14.6. The van der Waals surface area contributed by atoms with E-state index in [9.17, 15) is 4.79 Å². The van der Waals surface area contributed by atoms with Crippen molar-refractivity contribution < 1.29 is 28.5 Å². The lowest BCUT2D eigenvalue weighted by Crippen LogP contribution is -2.04. The molecule has 0 N–H and O–H groups in total. The zero-order chi connectivity index (χ0) is 18.0. The molecule has 1 aliphatic rings. The lowest BCUT2D eigenvalue weighted by molar-refractivity contribution is 0.0385. The number of methoxy groups -OCH3 is 4. The minimum Gasteiger partial charge on any atom is -0.496 e. The van der Waals surface area contributed by atoms with Gasteiger partial charge in [0.25, 0.3) is 0 Å². The Morgan fingerprint density at radius 1 is 0.920 bits per heavy atom. The van der Waals surface area contributed by atoms with Gasteiger partial charge in [0.05, 0.1) is 28.4 Å². The van der Waals surface area contributed by atoms with E-state index >= 15 is 0 Å². The second kappa shape index (κ2) is 6.93. The van der Waals surface area contributed by atoms with Gasteiger partial charge in [-0.1, -0.05) is 12.1 Å². The van der Waals surface area contributed by atoms with E-state index in [-0.39, 0.29) is 12.1 Å². The van der Waals surface area contributed by atoms with Crippen LogP contribution in [-0.2, 0) is 11.2 Å². The molecular weight excluding hydrogens is 324 g/mol. The van der Waals surface area contributed by atoms with Gasteiger partial charge in [0.1, 0.15) is 17.4 Å². The molecule has 0 amide bonds. The van der Waals surface area contributed by atoms with E-state index in [0.29, 0.717) is 35.0 Å². The van der Waals surface area contributed by atoms with Crippen molar-refractivity contribution >= 4 is 5.97 Å². The molecule has 1 aliphatic heterocycles. The van der Waals surface area contributed by atoms with E-state index in [1.807, 2.05) is 24.3 Å². The number of carbonyl (C=O) groups excluding carboxylic acids is 1. The van der Waals surface area contributed by atoms with Crippen molar-refractivity contribution in [3.05, 3.63) is 47.0 Å². The Morgan fingerprint density at radius 3 is 2.12 bits per heavy atom. The molecule has 0 saturated heterocycles. The highest BCUT2D eigenvalue weighted by Crippen LogP contribution is 2.42. The van der Waals surface area contributed by atoms with Gasteiger partial charge in [0.15, 0.2) is 11.5 Å². The van der Waals surface area contributed by atoms with Gasteiger partial charge in [-0.3, -0.25) is 0 Å². The van der Waals surface area contributed by atoms with Crippen molar-refractivity contribution in [3.8, 4) is 23.0 Å². The summed E-state index contributed by atoms with van der Waals surface area (Å²) in [4.78, 5) is 12.2. The number of carbonyl (C=O) groups is 1. The van der Waals surface area contributed by atoms with Crippen molar-refractivity contribution in [2.24, 2.45) is 0 Å². The van der Waals surface area contributed by atoms with E-state index in [1.54, 1.807) is 27.4 Å². The molecule has 1 heterocycles. The fraction of sp³-hybridized carbons (Fsp3) is 0.316. The van der Waals surface area contributed by atoms with Crippen molar-refractivity contribution in [2.45, 2.75) is 12.5 Å². The average molecular weight is 344 g/mol. The average Bonchev–Trinajstić information content (AvgIpc) is 2.96. The van der Waals surface area contributed by atoms with Crippen LogP contribution in [0.2, 0.25) is 0 Å². The predicted molar refractivity (Wildman–Crippen MR) is 91.0 cm³/mol. The molecule has 0 spiro atoms. The Balaban J connectivity index is 1.96. The first-order valence-electron chi connectivity index (χ1n) is 7.79. The summed E-state index contributed by atoms with van der Waals surface area (Å²) in [5, 5.41) is 0. The molecule has 1 unspecified atom stereocenters. The molecule has 0 aliphatic carbocycles. The standard InChI is InChI=1S/C19H20O6/c1-21-13-7-5-6-12-14(25-19(20)17(12)13)8-11-9-15(22-2)18(24-4)16(10-11)23-3/h5-7,9-10,14H,8H2,1-4H3. The molecule has 3 rings (SSSR count). The third kappa shape index (κ3) is 2.95. The van der Waals surface area contributed by atoms with Crippen LogP contribution in [0.3, 0.4) is 0 Å². The summed E-state index contributed by atoms with van der Waals surface area (Å²) in [5.74, 6) is 1.80. The first kappa shape index (κ1) is 17.0. The number of cyclic esters (lactones) is 1. The molecule has 0 fully saturated rings. The molecule has 2 aromatic rings. The van der Waals surface area contributed by atoms with Crippen molar-refractivity contribution in [1.29, 1.82) is 0 Å². The summed E-state index contributed by atoms with van der Waals surface area (Å²) in [6.45, 7) is 0. The van der Waals surface area contributed by atoms with Gasteiger partial charge < -0.3 is 23.7 Å². The Kier molecular flexibility index (Phi) is 4.70. The smallest absolute Gasteiger partial charge is 0.342 e. The van der Waals surface area contributed by atoms with Crippen LogP contribution in [0.1, 0.15) is 27.6 Å². The van der Waals surface area contributed by atoms with Gasteiger partial charge >= 0.3 is 5.97 Å². The lowest BCUT2D eigenvalue weighted by atomic mass is 9.98. The van der Waals surface area contributed by atoms with E-state index in [4.69, 9.17) is 23.7 Å². The fourth-order valence-corrected chi connectivity index (χ4v) is 3.08. The summed E-state index contributed by atoms with van der Waals surface area (Å²) >= 11 is 0. The van der Waals surface area contributed by atoms with Crippen molar-refractivity contribution in [1.82, 2.24) is 0 Å². The van der Waals surface area contributed by atoms with Crippen molar-refractivity contribution in [3.63, 3.8) is 0 Å².